The number of guanidine groups is 1. The van der Waals surface area contributed by atoms with Gasteiger partial charge in [-0.15, -0.1) is 0 Å². The second-order valence-corrected chi connectivity index (χ2v) is 5.85. The molecular weight excluding hydrogens is 282 g/mol. The Hall–Kier alpha value is -1.07. The van der Waals surface area contributed by atoms with Crippen LogP contribution in [-0.2, 0) is 4.74 Å². The van der Waals surface area contributed by atoms with Crippen LogP contribution in [0.4, 0.5) is 0 Å². The molecule has 0 aliphatic heterocycles. The highest BCUT2D eigenvalue weighted by Crippen LogP contribution is 2.18. The Kier molecular flexibility index (Phi) is 9.91. The van der Waals surface area contributed by atoms with Gasteiger partial charge in [0.05, 0.1) is 6.61 Å². The van der Waals surface area contributed by atoms with Gasteiger partial charge in [-0.05, 0) is 35.7 Å². The van der Waals surface area contributed by atoms with Crippen LogP contribution in [0.25, 0.3) is 0 Å². The quantitative estimate of drug-likeness (QED) is 0.396. The molecule has 1 aromatic heterocycles. The van der Waals surface area contributed by atoms with E-state index in [2.05, 4.69) is 53.2 Å². The summed E-state index contributed by atoms with van der Waals surface area (Å²) in [4.78, 5) is 4.65. The van der Waals surface area contributed by atoms with Gasteiger partial charge >= 0.3 is 0 Å². The summed E-state index contributed by atoms with van der Waals surface area (Å²) in [5, 5.41) is 10.9. The normalized spacial score (nSPS) is 13.2. The molecule has 4 nitrogen and oxygen atoms in total. The van der Waals surface area contributed by atoms with Gasteiger partial charge in [0.25, 0.3) is 0 Å². The van der Waals surface area contributed by atoms with Crippen molar-refractivity contribution in [3.05, 3.63) is 22.4 Å². The van der Waals surface area contributed by atoms with E-state index in [1.165, 1.54) is 12.0 Å². The molecule has 1 aromatic rings. The van der Waals surface area contributed by atoms with Crippen LogP contribution < -0.4 is 10.6 Å². The lowest BCUT2D eigenvalue weighted by molar-refractivity contribution is 0.136. The van der Waals surface area contributed by atoms with E-state index < -0.39 is 0 Å². The minimum Gasteiger partial charge on any atom is -0.380 e. The topological polar surface area (TPSA) is 45.6 Å². The molecule has 0 spiro atoms. The van der Waals surface area contributed by atoms with Gasteiger partial charge in [-0.2, -0.15) is 11.3 Å². The number of ether oxygens (including phenoxy) is 1. The van der Waals surface area contributed by atoms with Gasteiger partial charge < -0.3 is 15.4 Å². The first-order valence-electron chi connectivity index (χ1n) is 7.89. The zero-order valence-corrected chi connectivity index (χ0v) is 14.3. The summed E-state index contributed by atoms with van der Waals surface area (Å²) in [6.45, 7) is 10.5. The van der Waals surface area contributed by atoms with Crippen molar-refractivity contribution in [2.24, 2.45) is 4.99 Å². The molecule has 0 aliphatic carbocycles. The van der Waals surface area contributed by atoms with Crippen LogP contribution in [0.5, 0.6) is 0 Å². The van der Waals surface area contributed by atoms with Crippen molar-refractivity contribution in [2.75, 3.05) is 32.8 Å². The van der Waals surface area contributed by atoms with Crippen molar-refractivity contribution < 1.29 is 4.74 Å². The first kappa shape index (κ1) is 18.0. The minimum absolute atomic E-state index is 0.451. The van der Waals surface area contributed by atoms with Gasteiger partial charge in [0, 0.05) is 32.2 Å². The molecule has 5 heteroatoms. The summed E-state index contributed by atoms with van der Waals surface area (Å²) in [7, 11) is 0. The van der Waals surface area contributed by atoms with E-state index in [-0.39, 0.29) is 0 Å². The first-order chi connectivity index (χ1) is 10.3. The zero-order valence-electron chi connectivity index (χ0n) is 13.5. The molecule has 1 heterocycles. The molecule has 120 valence electrons. The molecule has 1 atom stereocenters. The molecule has 0 bridgehead atoms. The SMILES string of the molecule is CCCCOCCNC(=NCC(C)c1ccsc1)NCC. The van der Waals surface area contributed by atoms with Crippen molar-refractivity contribution in [3.8, 4) is 0 Å². The number of nitrogens with one attached hydrogen (secondary N) is 2. The van der Waals surface area contributed by atoms with Gasteiger partial charge in [-0.1, -0.05) is 20.3 Å². The van der Waals surface area contributed by atoms with E-state index in [4.69, 9.17) is 4.74 Å². The monoisotopic (exact) mass is 311 g/mol. The van der Waals surface area contributed by atoms with Crippen LogP contribution in [0, 0.1) is 0 Å². The number of nitrogens with zero attached hydrogens (tertiary/aromatic N) is 1. The molecule has 0 radical (unpaired) electrons. The molecule has 0 saturated carbocycles. The molecule has 0 saturated heterocycles. The van der Waals surface area contributed by atoms with E-state index in [9.17, 15) is 0 Å². The summed E-state index contributed by atoms with van der Waals surface area (Å²) in [5.41, 5.74) is 1.36. The Bertz CT molecular complexity index is 379. The molecule has 1 unspecified atom stereocenters. The second-order valence-electron chi connectivity index (χ2n) is 5.07. The van der Waals surface area contributed by atoms with Crippen LogP contribution in [0.2, 0.25) is 0 Å². The van der Waals surface area contributed by atoms with E-state index in [0.29, 0.717) is 5.92 Å². The van der Waals surface area contributed by atoms with Gasteiger partial charge in [0.2, 0.25) is 0 Å². The summed E-state index contributed by atoms with van der Waals surface area (Å²) in [6.07, 6.45) is 2.31. The molecular formula is C16H29N3OS. The number of aliphatic imine (C=N–C) groups is 1. The zero-order chi connectivity index (χ0) is 15.3. The average molecular weight is 311 g/mol. The highest BCUT2D eigenvalue weighted by molar-refractivity contribution is 7.07. The minimum atomic E-state index is 0.451. The molecule has 2 N–H and O–H groups in total. The van der Waals surface area contributed by atoms with E-state index in [1.807, 2.05) is 0 Å². The lowest BCUT2D eigenvalue weighted by Crippen LogP contribution is -2.39. The maximum atomic E-state index is 5.54. The summed E-state index contributed by atoms with van der Waals surface area (Å²) in [6, 6.07) is 2.17. The number of thiophene rings is 1. The van der Waals surface area contributed by atoms with Crippen molar-refractivity contribution >= 4 is 17.3 Å². The van der Waals surface area contributed by atoms with Crippen molar-refractivity contribution in [1.29, 1.82) is 0 Å². The Morgan fingerprint density at radius 1 is 1.33 bits per heavy atom. The van der Waals surface area contributed by atoms with Gasteiger partial charge in [-0.3, -0.25) is 4.99 Å². The third kappa shape index (κ3) is 8.07. The summed E-state index contributed by atoms with van der Waals surface area (Å²) < 4.78 is 5.54. The number of hydrogen-bond donors (Lipinski definition) is 2. The Labute approximate surface area is 133 Å². The van der Waals surface area contributed by atoms with Crippen LogP contribution in [-0.4, -0.2) is 38.8 Å². The Balaban J connectivity index is 2.29. The van der Waals surface area contributed by atoms with Crippen molar-refractivity contribution in [1.82, 2.24) is 10.6 Å². The van der Waals surface area contributed by atoms with Gasteiger partial charge in [0.15, 0.2) is 5.96 Å². The van der Waals surface area contributed by atoms with Crippen LogP contribution >= 0.6 is 11.3 Å². The average Bonchev–Trinajstić information content (AvgIpc) is 3.02. The van der Waals surface area contributed by atoms with E-state index >= 15 is 0 Å². The third-order valence-corrected chi connectivity index (χ3v) is 3.86. The molecule has 21 heavy (non-hydrogen) atoms. The van der Waals surface area contributed by atoms with Crippen LogP contribution in [0.1, 0.15) is 45.1 Å². The van der Waals surface area contributed by atoms with Crippen LogP contribution in [0.3, 0.4) is 0 Å². The molecule has 0 aromatic carbocycles. The summed E-state index contributed by atoms with van der Waals surface area (Å²) >= 11 is 1.74. The highest BCUT2D eigenvalue weighted by Gasteiger charge is 2.05. The number of hydrogen-bond acceptors (Lipinski definition) is 3. The maximum absolute atomic E-state index is 5.54. The van der Waals surface area contributed by atoms with E-state index in [1.54, 1.807) is 11.3 Å². The lowest BCUT2D eigenvalue weighted by atomic mass is 10.1. The fourth-order valence-corrected chi connectivity index (χ4v) is 2.60. The fourth-order valence-electron chi connectivity index (χ4n) is 1.82. The van der Waals surface area contributed by atoms with Crippen molar-refractivity contribution in [2.45, 2.75) is 39.5 Å². The molecule has 1 rings (SSSR count). The predicted octanol–water partition coefficient (Wildman–Crippen LogP) is 3.22. The maximum Gasteiger partial charge on any atom is 0.191 e. The smallest absolute Gasteiger partial charge is 0.191 e. The Morgan fingerprint density at radius 2 is 2.19 bits per heavy atom. The van der Waals surface area contributed by atoms with E-state index in [0.717, 1.165) is 45.2 Å². The largest absolute Gasteiger partial charge is 0.380 e. The van der Waals surface area contributed by atoms with Crippen molar-refractivity contribution in [3.63, 3.8) is 0 Å². The van der Waals surface area contributed by atoms with Gasteiger partial charge in [0.1, 0.15) is 0 Å². The predicted molar refractivity (Wildman–Crippen MR) is 92.4 cm³/mol. The standard InChI is InChI=1S/C16H29N3OS/c1-4-6-9-20-10-8-18-16(17-5-2)19-12-14(3)15-7-11-21-13-15/h7,11,13-14H,4-6,8-10,12H2,1-3H3,(H2,17,18,19). The highest BCUT2D eigenvalue weighted by atomic mass is 32.1. The van der Waals surface area contributed by atoms with Crippen LogP contribution in [0.15, 0.2) is 21.8 Å². The molecule has 0 amide bonds. The molecule has 0 aliphatic rings. The second kappa shape index (κ2) is 11.6. The lowest BCUT2D eigenvalue weighted by Gasteiger charge is -2.13. The Morgan fingerprint density at radius 3 is 2.86 bits per heavy atom. The van der Waals surface area contributed by atoms with Gasteiger partial charge in [-0.25, -0.2) is 0 Å². The number of rotatable bonds is 10. The fraction of sp³-hybridized carbons (Fsp3) is 0.688. The third-order valence-electron chi connectivity index (χ3n) is 3.16. The summed E-state index contributed by atoms with van der Waals surface area (Å²) in [5.74, 6) is 1.33. The molecule has 0 fully saturated rings. The first-order valence-corrected chi connectivity index (χ1v) is 8.84. The number of unbranched alkanes of at least 4 members (excludes halogenated alkanes) is 1.